The summed E-state index contributed by atoms with van der Waals surface area (Å²) in [6, 6.07) is 6.20. The molecule has 5 heteroatoms. The standard InChI is InChI=1S/C13H16BrNOS2/c1-13(2,3)18(16)15-11-6-7-17-12-5-4-9(14)8-10(11)12/h4-6,8,15H,7H2,1-3H3. The summed E-state index contributed by atoms with van der Waals surface area (Å²) in [5.74, 6) is 0.915. The smallest absolute Gasteiger partial charge is 0.122 e. The van der Waals surface area contributed by atoms with Crippen molar-refractivity contribution in [2.75, 3.05) is 5.75 Å². The number of hydrogen-bond acceptors (Lipinski definition) is 2. The zero-order valence-corrected chi connectivity index (χ0v) is 13.8. The molecule has 18 heavy (non-hydrogen) atoms. The maximum absolute atomic E-state index is 12.2. The van der Waals surface area contributed by atoms with Gasteiger partial charge in [0.25, 0.3) is 0 Å². The fourth-order valence-corrected chi connectivity index (χ4v) is 3.49. The molecule has 0 saturated carbocycles. The van der Waals surface area contributed by atoms with Gasteiger partial charge in [0.2, 0.25) is 0 Å². The Morgan fingerprint density at radius 3 is 2.78 bits per heavy atom. The fourth-order valence-electron chi connectivity index (χ4n) is 1.51. The first-order chi connectivity index (χ1) is 8.38. The minimum absolute atomic E-state index is 0.266. The van der Waals surface area contributed by atoms with Gasteiger partial charge in [0, 0.05) is 20.7 Å². The van der Waals surface area contributed by atoms with Gasteiger partial charge in [0.1, 0.15) is 11.0 Å². The van der Waals surface area contributed by atoms with Crippen LogP contribution in [-0.2, 0) is 11.0 Å². The largest absolute Gasteiger partial charge is 0.304 e. The minimum atomic E-state index is -1.09. The number of benzene rings is 1. The van der Waals surface area contributed by atoms with Crippen LogP contribution >= 0.6 is 27.7 Å². The van der Waals surface area contributed by atoms with Crippen LogP contribution in [0.25, 0.3) is 5.70 Å². The molecule has 2 nitrogen and oxygen atoms in total. The SMILES string of the molecule is CC(C)(C)S(=O)NC1=CCSc2ccc(Br)cc21. The lowest BCUT2D eigenvalue weighted by atomic mass is 10.1. The molecule has 0 aliphatic carbocycles. The van der Waals surface area contributed by atoms with E-state index < -0.39 is 11.0 Å². The molecule has 0 bridgehead atoms. The van der Waals surface area contributed by atoms with Gasteiger partial charge in [0.05, 0.1) is 10.4 Å². The Hall–Kier alpha value is -0.260. The molecule has 98 valence electrons. The van der Waals surface area contributed by atoms with Gasteiger partial charge in [-0.3, -0.25) is 0 Å². The summed E-state index contributed by atoms with van der Waals surface area (Å²) in [6.45, 7) is 5.90. The Balaban J connectivity index is 2.29. The molecule has 1 aromatic carbocycles. The summed E-state index contributed by atoms with van der Waals surface area (Å²) in [5.41, 5.74) is 2.09. The van der Waals surface area contributed by atoms with Crippen LogP contribution in [0.5, 0.6) is 0 Å². The third-order valence-corrected chi connectivity index (χ3v) is 5.53. The highest BCUT2D eigenvalue weighted by molar-refractivity contribution is 9.10. The van der Waals surface area contributed by atoms with E-state index in [1.165, 1.54) is 4.90 Å². The van der Waals surface area contributed by atoms with Crippen LogP contribution in [0.3, 0.4) is 0 Å². The molecule has 0 amide bonds. The van der Waals surface area contributed by atoms with Crippen LogP contribution in [0.1, 0.15) is 26.3 Å². The highest BCUT2D eigenvalue weighted by Gasteiger charge is 2.22. The van der Waals surface area contributed by atoms with E-state index in [-0.39, 0.29) is 4.75 Å². The zero-order valence-electron chi connectivity index (χ0n) is 10.6. The Morgan fingerprint density at radius 1 is 1.39 bits per heavy atom. The van der Waals surface area contributed by atoms with Crippen molar-refractivity contribution in [1.29, 1.82) is 0 Å². The van der Waals surface area contributed by atoms with Crippen molar-refractivity contribution >= 4 is 44.4 Å². The highest BCUT2D eigenvalue weighted by Crippen LogP contribution is 2.34. The Labute approximate surface area is 123 Å². The molecule has 1 atom stereocenters. The molecule has 0 radical (unpaired) electrons. The first-order valence-electron chi connectivity index (χ1n) is 5.69. The van der Waals surface area contributed by atoms with Gasteiger partial charge >= 0.3 is 0 Å². The monoisotopic (exact) mass is 345 g/mol. The lowest BCUT2D eigenvalue weighted by Crippen LogP contribution is -2.32. The minimum Gasteiger partial charge on any atom is -0.304 e. The van der Waals surface area contributed by atoms with Crippen LogP contribution in [0.2, 0.25) is 0 Å². The molecule has 0 spiro atoms. The molecule has 1 aliphatic rings. The van der Waals surface area contributed by atoms with Gasteiger partial charge in [-0.05, 0) is 45.0 Å². The van der Waals surface area contributed by atoms with E-state index in [0.717, 1.165) is 21.5 Å². The maximum atomic E-state index is 12.2. The van der Waals surface area contributed by atoms with Crippen molar-refractivity contribution in [2.24, 2.45) is 0 Å². The average molecular weight is 346 g/mol. The van der Waals surface area contributed by atoms with Crippen LogP contribution in [-0.4, -0.2) is 14.7 Å². The Bertz CT molecular complexity index is 520. The Morgan fingerprint density at radius 2 is 2.11 bits per heavy atom. The van der Waals surface area contributed by atoms with Crippen molar-refractivity contribution in [1.82, 2.24) is 4.72 Å². The summed E-state index contributed by atoms with van der Waals surface area (Å²) in [4.78, 5) is 1.23. The van der Waals surface area contributed by atoms with Gasteiger partial charge in [-0.25, -0.2) is 4.21 Å². The number of hydrogen-bond donors (Lipinski definition) is 1. The van der Waals surface area contributed by atoms with E-state index in [9.17, 15) is 4.21 Å². The first kappa shape index (κ1) is 14.2. The van der Waals surface area contributed by atoms with Gasteiger partial charge in [0.15, 0.2) is 0 Å². The lowest BCUT2D eigenvalue weighted by molar-refractivity contribution is 0.645. The van der Waals surface area contributed by atoms with Crippen molar-refractivity contribution in [3.8, 4) is 0 Å². The van der Waals surface area contributed by atoms with E-state index >= 15 is 0 Å². The van der Waals surface area contributed by atoms with E-state index in [0.29, 0.717) is 0 Å². The number of fused-ring (bicyclic) bond motifs is 1. The summed E-state index contributed by atoms with van der Waals surface area (Å²) < 4.78 is 16.1. The van der Waals surface area contributed by atoms with Crippen LogP contribution in [0, 0.1) is 0 Å². The molecular weight excluding hydrogens is 330 g/mol. The molecular formula is C13H16BrNOS2. The second-order valence-corrected chi connectivity index (χ2v) is 9.00. The molecule has 1 N–H and O–H groups in total. The normalized spacial score (nSPS) is 16.8. The van der Waals surface area contributed by atoms with Gasteiger partial charge in [-0.2, -0.15) is 0 Å². The fraction of sp³-hybridized carbons (Fsp3) is 0.385. The third-order valence-electron chi connectivity index (χ3n) is 2.52. The predicted molar refractivity (Wildman–Crippen MR) is 83.9 cm³/mol. The molecule has 1 aromatic rings. The van der Waals surface area contributed by atoms with E-state index in [4.69, 9.17) is 0 Å². The Kier molecular flexibility index (Phi) is 4.24. The third kappa shape index (κ3) is 3.19. The molecule has 1 heterocycles. The van der Waals surface area contributed by atoms with Crippen molar-refractivity contribution in [2.45, 2.75) is 30.4 Å². The number of rotatable bonds is 2. The maximum Gasteiger partial charge on any atom is 0.122 e. The van der Waals surface area contributed by atoms with Gasteiger partial charge in [-0.15, -0.1) is 11.8 Å². The predicted octanol–water partition coefficient (Wildman–Crippen LogP) is 3.95. The molecule has 1 aliphatic heterocycles. The number of nitrogens with one attached hydrogen (secondary N) is 1. The second-order valence-electron chi connectivity index (χ2n) is 5.05. The van der Waals surface area contributed by atoms with E-state index in [1.54, 1.807) is 11.8 Å². The molecule has 2 rings (SSSR count). The van der Waals surface area contributed by atoms with Crippen molar-refractivity contribution in [3.05, 3.63) is 34.3 Å². The average Bonchev–Trinajstić information content (AvgIpc) is 2.28. The summed E-state index contributed by atoms with van der Waals surface area (Å²) in [6.07, 6.45) is 2.10. The molecule has 0 fully saturated rings. The van der Waals surface area contributed by atoms with Gasteiger partial charge in [-0.1, -0.05) is 15.9 Å². The van der Waals surface area contributed by atoms with Crippen molar-refractivity contribution in [3.63, 3.8) is 0 Å². The lowest BCUT2D eigenvalue weighted by Gasteiger charge is -2.23. The topological polar surface area (TPSA) is 29.1 Å². The summed E-state index contributed by atoms with van der Waals surface area (Å²) >= 11 is 5.28. The highest BCUT2D eigenvalue weighted by atomic mass is 79.9. The van der Waals surface area contributed by atoms with Crippen LogP contribution in [0.15, 0.2) is 33.6 Å². The number of halogens is 1. The first-order valence-corrected chi connectivity index (χ1v) is 8.62. The molecule has 0 saturated heterocycles. The molecule has 1 unspecified atom stereocenters. The quantitative estimate of drug-likeness (QED) is 0.879. The molecule has 0 aromatic heterocycles. The van der Waals surface area contributed by atoms with Crippen LogP contribution in [0.4, 0.5) is 0 Å². The summed E-state index contributed by atoms with van der Waals surface area (Å²) in [5, 5.41) is 0. The number of thioether (sulfide) groups is 1. The van der Waals surface area contributed by atoms with E-state index in [1.807, 2.05) is 26.8 Å². The summed E-state index contributed by atoms with van der Waals surface area (Å²) in [7, 11) is -1.09. The zero-order chi connectivity index (χ0) is 13.3. The van der Waals surface area contributed by atoms with Crippen molar-refractivity contribution < 1.29 is 4.21 Å². The van der Waals surface area contributed by atoms with Crippen LogP contribution < -0.4 is 4.72 Å². The van der Waals surface area contributed by atoms with E-state index in [2.05, 4.69) is 38.9 Å². The van der Waals surface area contributed by atoms with Gasteiger partial charge < -0.3 is 4.72 Å². The second kappa shape index (κ2) is 5.39.